The van der Waals surface area contributed by atoms with Crippen LogP contribution in [0.1, 0.15) is 24.1 Å². The fourth-order valence-electron chi connectivity index (χ4n) is 1.47. The Kier molecular flexibility index (Phi) is 5.16. The molecule has 1 aromatic rings. The molecule has 0 bridgehead atoms. The molecule has 0 amide bonds. The number of hydrogen-bond acceptors (Lipinski definition) is 1. The Labute approximate surface area is 101 Å². The number of nitrogens with one attached hydrogen (secondary N) is 1. The maximum absolute atomic E-state index is 5.80. The van der Waals surface area contributed by atoms with Crippen LogP contribution in [0.4, 0.5) is 0 Å². The lowest BCUT2D eigenvalue weighted by Crippen LogP contribution is -2.20. The minimum atomic E-state index is 0.275. The van der Waals surface area contributed by atoms with Crippen molar-refractivity contribution in [3.8, 4) is 0 Å². The van der Waals surface area contributed by atoms with Gasteiger partial charge in [0.05, 0.1) is 0 Å². The van der Waals surface area contributed by atoms with Crippen molar-refractivity contribution in [3.63, 3.8) is 0 Å². The molecular formula is C12H15Cl2N. The van der Waals surface area contributed by atoms with Gasteiger partial charge in [0, 0.05) is 23.2 Å². The minimum absolute atomic E-state index is 0.275. The topological polar surface area (TPSA) is 12.0 Å². The molecule has 0 aliphatic rings. The van der Waals surface area contributed by atoms with Crippen molar-refractivity contribution in [3.05, 3.63) is 46.0 Å². The molecule has 0 heterocycles. The van der Waals surface area contributed by atoms with E-state index in [9.17, 15) is 0 Å². The Morgan fingerprint density at radius 2 is 2.13 bits per heavy atom. The lowest BCUT2D eigenvalue weighted by molar-refractivity contribution is 0.611. The van der Waals surface area contributed by atoms with E-state index >= 15 is 0 Å². The van der Waals surface area contributed by atoms with Crippen LogP contribution >= 0.6 is 23.2 Å². The quantitative estimate of drug-likeness (QED) is 0.845. The van der Waals surface area contributed by atoms with E-state index in [0.717, 1.165) is 0 Å². The zero-order valence-corrected chi connectivity index (χ0v) is 10.4. The van der Waals surface area contributed by atoms with Gasteiger partial charge < -0.3 is 5.32 Å². The molecule has 82 valence electrons. The molecule has 0 saturated heterocycles. The highest BCUT2D eigenvalue weighted by molar-refractivity contribution is 6.36. The van der Waals surface area contributed by atoms with Gasteiger partial charge in [-0.1, -0.05) is 47.5 Å². The fourth-order valence-corrected chi connectivity index (χ4v) is 1.63. The summed E-state index contributed by atoms with van der Waals surface area (Å²) in [5, 5.41) is 3.93. The molecule has 1 nitrogen and oxygen atoms in total. The molecule has 1 N–H and O–H groups in total. The highest BCUT2D eigenvalue weighted by Gasteiger charge is 2.06. The minimum Gasteiger partial charge on any atom is -0.305 e. The second kappa shape index (κ2) is 6.16. The standard InChI is InChI=1S/C12H15Cl2N/c1-9-5-3-4-6-12(9)10(2)15-8-11(14)7-13/h3-7,10,15H,8H2,1-2H3/b11-7-/t10-/m1/s1. The lowest BCUT2D eigenvalue weighted by Gasteiger charge is -2.15. The van der Waals surface area contributed by atoms with Crippen molar-refractivity contribution in [2.45, 2.75) is 19.9 Å². The molecule has 0 fully saturated rings. The Bertz CT molecular complexity index is 347. The number of rotatable bonds is 4. The largest absolute Gasteiger partial charge is 0.305 e. The summed E-state index contributed by atoms with van der Waals surface area (Å²) in [6.45, 7) is 4.81. The first kappa shape index (κ1) is 12.6. The van der Waals surface area contributed by atoms with E-state index in [-0.39, 0.29) is 6.04 Å². The number of benzene rings is 1. The van der Waals surface area contributed by atoms with Crippen LogP contribution in [0.3, 0.4) is 0 Å². The summed E-state index contributed by atoms with van der Waals surface area (Å²) in [5.74, 6) is 0. The molecule has 1 atom stereocenters. The zero-order valence-electron chi connectivity index (χ0n) is 8.93. The molecule has 3 heteroatoms. The van der Waals surface area contributed by atoms with Crippen molar-refractivity contribution in [1.82, 2.24) is 5.32 Å². The summed E-state index contributed by atoms with van der Waals surface area (Å²) in [6, 6.07) is 8.57. The molecule has 0 aliphatic carbocycles. The van der Waals surface area contributed by atoms with Gasteiger partial charge in [-0.2, -0.15) is 0 Å². The van der Waals surface area contributed by atoms with Gasteiger partial charge in [-0.15, -0.1) is 0 Å². The first-order valence-corrected chi connectivity index (χ1v) is 5.70. The summed E-state index contributed by atoms with van der Waals surface area (Å²) in [6.07, 6.45) is 0. The number of halogens is 2. The van der Waals surface area contributed by atoms with Crippen molar-refractivity contribution in [2.75, 3.05) is 6.54 Å². The highest BCUT2D eigenvalue weighted by atomic mass is 35.5. The van der Waals surface area contributed by atoms with Crippen LogP contribution in [0.5, 0.6) is 0 Å². The van der Waals surface area contributed by atoms with Gasteiger partial charge in [0.25, 0.3) is 0 Å². The van der Waals surface area contributed by atoms with Crippen LogP contribution in [-0.2, 0) is 0 Å². The van der Waals surface area contributed by atoms with E-state index in [4.69, 9.17) is 23.2 Å². The third-order valence-electron chi connectivity index (χ3n) is 2.35. The van der Waals surface area contributed by atoms with E-state index in [1.165, 1.54) is 16.7 Å². The number of hydrogen-bond donors (Lipinski definition) is 1. The second-order valence-corrected chi connectivity index (χ2v) is 4.22. The summed E-state index contributed by atoms with van der Waals surface area (Å²) in [7, 11) is 0. The first-order valence-electron chi connectivity index (χ1n) is 4.89. The Morgan fingerprint density at radius 1 is 1.47 bits per heavy atom. The van der Waals surface area contributed by atoms with Gasteiger partial charge >= 0.3 is 0 Å². The predicted molar refractivity (Wildman–Crippen MR) is 67.4 cm³/mol. The van der Waals surface area contributed by atoms with Crippen LogP contribution < -0.4 is 5.32 Å². The van der Waals surface area contributed by atoms with Gasteiger partial charge in [-0.25, -0.2) is 0 Å². The maximum Gasteiger partial charge on any atom is 0.0432 e. The third kappa shape index (κ3) is 3.86. The van der Waals surface area contributed by atoms with Crippen LogP contribution in [0.25, 0.3) is 0 Å². The van der Waals surface area contributed by atoms with Crippen molar-refractivity contribution < 1.29 is 0 Å². The molecule has 1 aromatic carbocycles. The summed E-state index contributed by atoms with van der Waals surface area (Å²) in [4.78, 5) is 0. The van der Waals surface area contributed by atoms with Crippen LogP contribution in [-0.4, -0.2) is 6.54 Å². The lowest BCUT2D eigenvalue weighted by atomic mass is 10.0. The van der Waals surface area contributed by atoms with Gasteiger partial charge in [-0.3, -0.25) is 0 Å². The van der Waals surface area contributed by atoms with Crippen molar-refractivity contribution >= 4 is 23.2 Å². The second-order valence-electron chi connectivity index (χ2n) is 3.52. The molecular weight excluding hydrogens is 229 g/mol. The Morgan fingerprint density at radius 3 is 2.73 bits per heavy atom. The van der Waals surface area contributed by atoms with Gasteiger partial charge in [0.1, 0.15) is 0 Å². The first-order chi connectivity index (χ1) is 7.15. The smallest absolute Gasteiger partial charge is 0.0432 e. The van der Waals surface area contributed by atoms with Crippen molar-refractivity contribution in [2.24, 2.45) is 0 Å². The fraction of sp³-hybridized carbons (Fsp3) is 0.333. The summed E-state index contributed by atoms with van der Waals surface area (Å²) in [5.41, 5.74) is 3.96. The molecule has 0 radical (unpaired) electrons. The van der Waals surface area contributed by atoms with E-state index < -0.39 is 0 Å². The average molecular weight is 244 g/mol. The number of aryl methyl sites for hydroxylation is 1. The van der Waals surface area contributed by atoms with Crippen LogP contribution in [0, 0.1) is 6.92 Å². The molecule has 0 aromatic heterocycles. The maximum atomic E-state index is 5.80. The highest BCUT2D eigenvalue weighted by Crippen LogP contribution is 2.17. The van der Waals surface area contributed by atoms with Crippen LogP contribution in [0.15, 0.2) is 34.8 Å². The van der Waals surface area contributed by atoms with Crippen molar-refractivity contribution in [1.29, 1.82) is 0 Å². The third-order valence-corrected chi connectivity index (χ3v) is 2.97. The average Bonchev–Trinajstić information content (AvgIpc) is 2.26. The summed E-state index contributed by atoms with van der Waals surface area (Å²) >= 11 is 11.3. The molecule has 15 heavy (non-hydrogen) atoms. The Balaban J connectivity index is 2.61. The molecule has 1 rings (SSSR count). The van der Waals surface area contributed by atoms with Gasteiger partial charge in [0.15, 0.2) is 0 Å². The Hall–Kier alpha value is -0.500. The van der Waals surface area contributed by atoms with E-state index in [2.05, 4.69) is 31.3 Å². The van der Waals surface area contributed by atoms with E-state index in [1.54, 1.807) is 0 Å². The van der Waals surface area contributed by atoms with E-state index in [0.29, 0.717) is 11.6 Å². The molecule has 0 spiro atoms. The molecule has 0 aliphatic heterocycles. The normalized spacial score (nSPS) is 14.0. The molecule has 0 unspecified atom stereocenters. The zero-order chi connectivity index (χ0) is 11.3. The SMILES string of the molecule is Cc1ccccc1[C@@H](C)NC/C(Cl)=C/Cl. The monoisotopic (exact) mass is 243 g/mol. The van der Waals surface area contributed by atoms with Gasteiger partial charge in [-0.05, 0) is 25.0 Å². The molecule has 0 saturated carbocycles. The summed E-state index contributed by atoms with van der Waals surface area (Å²) < 4.78 is 0. The van der Waals surface area contributed by atoms with Gasteiger partial charge in [0.2, 0.25) is 0 Å². The van der Waals surface area contributed by atoms with Crippen LogP contribution in [0.2, 0.25) is 0 Å². The predicted octanol–water partition coefficient (Wildman–Crippen LogP) is 3.96. The van der Waals surface area contributed by atoms with E-state index in [1.807, 2.05) is 12.1 Å².